The van der Waals surface area contributed by atoms with E-state index in [1.807, 2.05) is 0 Å². The third-order valence-electron chi connectivity index (χ3n) is 3.15. The Morgan fingerprint density at radius 1 is 1.59 bits per heavy atom. The van der Waals surface area contributed by atoms with Crippen LogP contribution in [0.4, 0.5) is 0 Å². The molecule has 1 N–H and O–H groups in total. The summed E-state index contributed by atoms with van der Waals surface area (Å²) in [5.41, 5.74) is 1.28. The van der Waals surface area contributed by atoms with E-state index >= 15 is 0 Å². The lowest BCUT2D eigenvalue weighted by Crippen LogP contribution is -2.10. The molecule has 0 radical (unpaired) electrons. The number of hydrogen-bond donors (Lipinski definition) is 1. The molecule has 2 aromatic heterocycles. The fourth-order valence-corrected chi connectivity index (χ4v) is 2.24. The molecule has 0 aliphatic carbocycles. The van der Waals surface area contributed by atoms with Crippen LogP contribution in [0.2, 0.25) is 0 Å². The van der Waals surface area contributed by atoms with Gasteiger partial charge in [-0.3, -0.25) is 0 Å². The normalized spacial score (nSPS) is 19.9. The average Bonchev–Trinajstić information content (AvgIpc) is 2.97. The van der Waals surface area contributed by atoms with E-state index in [1.54, 1.807) is 19.4 Å². The van der Waals surface area contributed by atoms with E-state index in [1.165, 1.54) is 6.42 Å². The molecule has 5 nitrogen and oxygen atoms in total. The number of methoxy groups -OCH3 is 1. The highest BCUT2D eigenvalue weighted by Gasteiger charge is 2.19. The third-order valence-corrected chi connectivity index (χ3v) is 3.15. The number of oxazole rings is 1. The van der Waals surface area contributed by atoms with Crippen molar-refractivity contribution in [1.82, 2.24) is 15.3 Å². The SMILES string of the molecule is COc1ccnc2oc(CC3CCNC3)nc12. The van der Waals surface area contributed by atoms with Crippen molar-refractivity contribution in [3.8, 4) is 5.75 Å². The minimum atomic E-state index is 0.560. The van der Waals surface area contributed by atoms with Gasteiger partial charge >= 0.3 is 0 Å². The zero-order valence-electron chi connectivity index (χ0n) is 9.77. The number of pyridine rings is 1. The van der Waals surface area contributed by atoms with Gasteiger partial charge in [0.2, 0.25) is 0 Å². The molecule has 0 saturated carbocycles. The second kappa shape index (κ2) is 4.33. The summed E-state index contributed by atoms with van der Waals surface area (Å²) < 4.78 is 10.9. The van der Waals surface area contributed by atoms with Crippen molar-refractivity contribution in [2.45, 2.75) is 12.8 Å². The van der Waals surface area contributed by atoms with E-state index in [2.05, 4.69) is 15.3 Å². The number of rotatable bonds is 3. The van der Waals surface area contributed by atoms with Gasteiger partial charge in [0.1, 0.15) is 0 Å². The molecule has 0 bridgehead atoms. The largest absolute Gasteiger partial charge is 0.494 e. The Morgan fingerprint density at radius 2 is 2.53 bits per heavy atom. The molecular formula is C12H15N3O2. The minimum absolute atomic E-state index is 0.560. The van der Waals surface area contributed by atoms with Crippen LogP contribution in [0.25, 0.3) is 11.2 Å². The molecule has 0 spiro atoms. The summed E-state index contributed by atoms with van der Waals surface area (Å²) >= 11 is 0. The number of fused-ring (bicyclic) bond motifs is 1. The van der Waals surface area contributed by atoms with Crippen LogP contribution in [0.15, 0.2) is 16.7 Å². The lowest BCUT2D eigenvalue weighted by Gasteiger charge is -2.02. The van der Waals surface area contributed by atoms with Crippen LogP contribution in [0, 0.1) is 5.92 Å². The number of nitrogens with one attached hydrogen (secondary N) is 1. The molecule has 0 aromatic carbocycles. The van der Waals surface area contributed by atoms with Gasteiger partial charge < -0.3 is 14.5 Å². The summed E-state index contributed by atoms with van der Waals surface area (Å²) in [5, 5.41) is 3.34. The van der Waals surface area contributed by atoms with Crippen LogP contribution in [0.5, 0.6) is 5.75 Å². The Kier molecular flexibility index (Phi) is 2.68. The lowest BCUT2D eigenvalue weighted by atomic mass is 10.1. The molecule has 3 rings (SSSR count). The maximum Gasteiger partial charge on any atom is 0.250 e. The fourth-order valence-electron chi connectivity index (χ4n) is 2.24. The van der Waals surface area contributed by atoms with Crippen molar-refractivity contribution in [2.75, 3.05) is 20.2 Å². The first-order valence-corrected chi connectivity index (χ1v) is 5.86. The molecule has 90 valence electrons. The molecule has 0 amide bonds. The van der Waals surface area contributed by atoms with Crippen molar-refractivity contribution in [3.05, 3.63) is 18.2 Å². The maximum atomic E-state index is 5.64. The van der Waals surface area contributed by atoms with Crippen LogP contribution in [-0.4, -0.2) is 30.2 Å². The third kappa shape index (κ3) is 1.98. The molecule has 1 saturated heterocycles. The van der Waals surface area contributed by atoms with Crippen LogP contribution in [-0.2, 0) is 6.42 Å². The summed E-state index contributed by atoms with van der Waals surface area (Å²) in [6.45, 7) is 2.13. The van der Waals surface area contributed by atoms with Crippen LogP contribution in [0.3, 0.4) is 0 Å². The number of ether oxygens (including phenoxy) is 1. The van der Waals surface area contributed by atoms with E-state index in [0.29, 0.717) is 11.6 Å². The summed E-state index contributed by atoms with van der Waals surface area (Å²) in [4.78, 5) is 8.63. The quantitative estimate of drug-likeness (QED) is 0.868. The second-order valence-electron chi connectivity index (χ2n) is 4.34. The van der Waals surface area contributed by atoms with Gasteiger partial charge in [0.25, 0.3) is 5.71 Å². The molecule has 1 aliphatic heterocycles. The number of nitrogens with zero attached hydrogens (tertiary/aromatic N) is 2. The molecule has 1 fully saturated rings. The molecule has 5 heteroatoms. The highest BCUT2D eigenvalue weighted by molar-refractivity contribution is 5.75. The predicted molar refractivity (Wildman–Crippen MR) is 63.0 cm³/mol. The Labute approximate surface area is 99.2 Å². The summed E-state index contributed by atoms with van der Waals surface area (Å²) in [5.74, 6) is 2.09. The van der Waals surface area contributed by atoms with E-state index in [4.69, 9.17) is 9.15 Å². The number of aromatic nitrogens is 2. The van der Waals surface area contributed by atoms with Gasteiger partial charge in [-0.05, 0) is 25.4 Å². The van der Waals surface area contributed by atoms with E-state index in [-0.39, 0.29) is 0 Å². The van der Waals surface area contributed by atoms with Crippen molar-refractivity contribution < 1.29 is 9.15 Å². The van der Waals surface area contributed by atoms with Crippen molar-refractivity contribution in [1.29, 1.82) is 0 Å². The first-order chi connectivity index (χ1) is 8.36. The smallest absolute Gasteiger partial charge is 0.250 e. The Morgan fingerprint density at radius 3 is 3.29 bits per heavy atom. The summed E-state index contributed by atoms with van der Waals surface area (Å²) in [6.07, 6.45) is 3.73. The molecular weight excluding hydrogens is 218 g/mol. The Hall–Kier alpha value is -1.62. The van der Waals surface area contributed by atoms with Gasteiger partial charge in [0.05, 0.1) is 7.11 Å². The highest BCUT2D eigenvalue weighted by Crippen LogP contribution is 2.25. The van der Waals surface area contributed by atoms with Gasteiger partial charge in [0, 0.05) is 18.7 Å². The Balaban J connectivity index is 1.90. The van der Waals surface area contributed by atoms with E-state index in [9.17, 15) is 0 Å². The van der Waals surface area contributed by atoms with Gasteiger partial charge in [-0.2, -0.15) is 0 Å². The summed E-state index contributed by atoms with van der Waals surface area (Å²) in [7, 11) is 1.63. The lowest BCUT2D eigenvalue weighted by molar-refractivity contribution is 0.418. The van der Waals surface area contributed by atoms with Gasteiger partial charge in [-0.15, -0.1) is 0 Å². The number of hydrogen-bond acceptors (Lipinski definition) is 5. The van der Waals surface area contributed by atoms with Crippen molar-refractivity contribution >= 4 is 11.2 Å². The first kappa shape index (κ1) is 10.5. The van der Waals surface area contributed by atoms with Crippen LogP contribution >= 0.6 is 0 Å². The van der Waals surface area contributed by atoms with Gasteiger partial charge in [-0.25, -0.2) is 9.97 Å². The van der Waals surface area contributed by atoms with Crippen molar-refractivity contribution in [3.63, 3.8) is 0 Å². The average molecular weight is 233 g/mol. The van der Waals surface area contributed by atoms with Crippen LogP contribution in [0.1, 0.15) is 12.3 Å². The molecule has 3 heterocycles. The fraction of sp³-hybridized carbons (Fsp3) is 0.500. The van der Waals surface area contributed by atoms with Crippen LogP contribution < -0.4 is 10.1 Å². The Bertz CT molecular complexity index is 517. The standard InChI is InChI=1S/C12H15N3O2/c1-16-9-3-5-14-12-11(9)15-10(17-12)6-8-2-4-13-7-8/h3,5,8,13H,2,4,6-7H2,1H3. The molecule has 1 aliphatic rings. The molecule has 1 unspecified atom stereocenters. The summed E-state index contributed by atoms with van der Waals surface area (Å²) in [6, 6.07) is 1.80. The van der Waals surface area contributed by atoms with E-state index < -0.39 is 0 Å². The molecule has 2 aromatic rings. The zero-order valence-corrected chi connectivity index (χ0v) is 9.77. The molecule has 17 heavy (non-hydrogen) atoms. The van der Waals surface area contributed by atoms with Gasteiger partial charge in [-0.1, -0.05) is 0 Å². The predicted octanol–water partition coefficient (Wildman–Crippen LogP) is 1.38. The zero-order chi connectivity index (χ0) is 11.7. The van der Waals surface area contributed by atoms with E-state index in [0.717, 1.165) is 36.7 Å². The van der Waals surface area contributed by atoms with Gasteiger partial charge in [0.15, 0.2) is 17.2 Å². The topological polar surface area (TPSA) is 60.2 Å². The van der Waals surface area contributed by atoms with Crippen molar-refractivity contribution in [2.24, 2.45) is 5.92 Å². The highest BCUT2D eigenvalue weighted by atomic mass is 16.5. The second-order valence-corrected chi connectivity index (χ2v) is 4.34. The molecule has 1 atom stereocenters. The maximum absolute atomic E-state index is 5.64. The first-order valence-electron chi connectivity index (χ1n) is 5.86. The monoisotopic (exact) mass is 233 g/mol. The minimum Gasteiger partial charge on any atom is -0.494 e.